The van der Waals surface area contributed by atoms with E-state index < -0.39 is 0 Å². The van der Waals surface area contributed by atoms with Crippen LogP contribution in [-0.4, -0.2) is 24.7 Å². The number of rotatable bonds is 12. The van der Waals surface area contributed by atoms with Gasteiger partial charge in [0.25, 0.3) is 0 Å². The predicted molar refractivity (Wildman–Crippen MR) is 107 cm³/mol. The number of unbranched alkanes of at least 4 members (excludes halogenated alkanes) is 3. The molecule has 0 fully saturated rings. The summed E-state index contributed by atoms with van der Waals surface area (Å²) in [7, 11) is 0. The van der Waals surface area contributed by atoms with Gasteiger partial charge in [-0.15, -0.1) is 0 Å². The quantitative estimate of drug-likeness (QED) is 0.477. The minimum Gasteiger partial charge on any atom is -0.492 e. The number of pyridine rings is 1. The van der Waals surface area contributed by atoms with Gasteiger partial charge in [0.15, 0.2) is 0 Å². The molecule has 0 bridgehead atoms. The van der Waals surface area contributed by atoms with Gasteiger partial charge in [0.05, 0.1) is 6.54 Å². The van der Waals surface area contributed by atoms with Gasteiger partial charge in [-0.3, -0.25) is 0 Å². The SMILES string of the molecule is CCCCCc1ccc(OCCN(CCCC)c2ccccn2)cc1. The van der Waals surface area contributed by atoms with Crippen molar-refractivity contribution in [3.05, 3.63) is 54.2 Å². The lowest BCUT2D eigenvalue weighted by atomic mass is 10.1. The summed E-state index contributed by atoms with van der Waals surface area (Å²) in [5.41, 5.74) is 1.40. The highest BCUT2D eigenvalue weighted by Gasteiger charge is 2.07. The number of nitrogens with zero attached hydrogens (tertiary/aromatic N) is 2. The van der Waals surface area contributed by atoms with Gasteiger partial charge in [-0.1, -0.05) is 51.3 Å². The van der Waals surface area contributed by atoms with Crippen molar-refractivity contribution >= 4 is 5.82 Å². The van der Waals surface area contributed by atoms with E-state index in [1.54, 1.807) is 0 Å². The Bertz CT molecular complexity index is 568. The summed E-state index contributed by atoms with van der Waals surface area (Å²) >= 11 is 0. The third-order valence-corrected chi connectivity index (χ3v) is 4.38. The summed E-state index contributed by atoms with van der Waals surface area (Å²) in [4.78, 5) is 6.78. The molecule has 1 aromatic heterocycles. The van der Waals surface area contributed by atoms with Crippen molar-refractivity contribution in [2.45, 2.75) is 52.4 Å². The molecular weight excluding hydrogens is 308 g/mol. The molecule has 0 saturated carbocycles. The lowest BCUT2D eigenvalue weighted by Crippen LogP contribution is -2.30. The summed E-state index contributed by atoms with van der Waals surface area (Å²) in [6, 6.07) is 14.6. The number of anilines is 1. The van der Waals surface area contributed by atoms with Gasteiger partial charge in [0.2, 0.25) is 0 Å². The number of ether oxygens (including phenoxy) is 1. The first-order chi connectivity index (χ1) is 12.3. The zero-order valence-corrected chi connectivity index (χ0v) is 15.8. The molecule has 136 valence electrons. The first kappa shape index (κ1) is 19.3. The molecular formula is C22H32N2O. The average Bonchev–Trinajstić information content (AvgIpc) is 2.66. The number of hydrogen-bond acceptors (Lipinski definition) is 3. The van der Waals surface area contributed by atoms with Crippen LogP contribution in [0.4, 0.5) is 5.82 Å². The number of benzene rings is 1. The van der Waals surface area contributed by atoms with Crippen LogP contribution in [0.15, 0.2) is 48.7 Å². The van der Waals surface area contributed by atoms with E-state index in [1.165, 1.54) is 44.1 Å². The number of hydrogen-bond donors (Lipinski definition) is 0. The standard InChI is InChI=1S/C22H32N2O/c1-3-5-7-10-20-12-14-21(15-13-20)25-19-18-24(17-6-4-2)22-11-8-9-16-23-22/h8-9,11-16H,3-7,10,17-19H2,1-2H3. The number of aromatic nitrogens is 1. The molecule has 0 atom stereocenters. The van der Waals surface area contributed by atoms with E-state index >= 15 is 0 Å². The molecule has 0 aliphatic heterocycles. The fourth-order valence-electron chi connectivity index (χ4n) is 2.84. The van der Waals surface area contributed by atoms with Crippen LogP contribution in [-0.2, 0) is 6.42 Å². The summed E-state index contributed by atoms with van der Waals surface area (Å²) in [5.74, 6) is 1.99. The molecule has 0 spiro atoms. The van der Waals surface area contributed by atoms with Gasteiger partial charge in [-0.25, -0.2) is 4.98 Å². The summed E-state index contributed by atoms with van der Waals surface area (Å²) in [6.07, 6.45) is 9.22. The monoisotopic (exact) mass is 340 g/mol. The normalized spacial score (nSPS) is 10.6. The van der Waals surface area contributed by atoms with Crippen molar-refractivity contribution in [3.8, 4) is 5.75 Å². The maximum absolute atomic E-state index is 5.95. The average molecular weight is 341 g/mol. The molecule has 3 heteroatoms. The first-order valence-corrected chi connectivity index (χ1v) is 9.71. The second kappa shape index (κ2) is 11.5. The van der Waals surface area contributed by atoms with E-state index in [0.717, 1.165) is 24.7 Å². The predicted octanol–water partition coefficient (Wildman–Crippen LogP) is 5.50. The summed E-state index contributed by atoms with van der Waals surface area (Å²) in [5, 5.41) is 0. The highest BCUT2D eigenvalue weighted by Crippen LogP contribution is 2.15. The van der Waals surface area contributed by atoms with Crippen LogP contribution in [0.1, 0.15) is 51.5 Å². The Balaban J connectivity index is 1.80. The van der Waals surface area contributed by atoms with Crippen LogP contribution < -0.4 is 9.64 Å². The molecule has 0 amide bonds. The van der Waals surface area contributed by atoms with E-state index in [2.05, 4.69) is 54.1 Å². The van der Waals surface area contributed by atoms with Gasteiger partial charge in [0, 0.05) is 12.7 Å². The first-order valence-electron chi connectivity index (χ1n) is 9.71. The lowest BCUT2D eigenvalue weighted by Gasteiger charge is -2.23. The highest BCUT2D eigenvalue weighted by atomic mass is 16.5. The third kappa shape index (κ3) is 7.16. The van der Waals surface area contributed by atoms with Crippen LogP contribution in [0.5, 0.6) is 5.75 Å². The van der Waals surface area contributed by atoms with Crippen LogP contribution in [0, 0.1) is 0 Å². The molecule has 0 radical (unpaired) electrons. The molecule has 25 heavy (non-hydrogen) atoms. The smallest absolute Gasteiger partial charge is 0.128 e. The van der Waals surface area contributed by atoms with E-state index in [9.17, 15) is 0 Å². The van der Waals surface area contributed by atoms with Crippen molar-refractivity contribution in [1.29, 1.82) is 0 Å². The highest BCUT2D eigenvalue weighted by molar-refractivity contribution is 5.37. The van der Waals surface area contributed by atoms with E-state index in [4.69, 9.17) is 4.74 Å². The molecule has 1 heterocycles. The Hall–Kier alpha value is -2.03. The Morgan fingerprint density at radius 2 is 1.68 bits per heavy atom. The second-order valence-corrected chi connectivity index (χ2v) is 6.48. The van der Waals surface area contributed by atoms with Crippen molar-refractivity contribution in [3.63, 3.8) is 0 Å². The Morgan fingerprint density at radius 3 is 2.36 bits per heavy atom. The van der Waals surface area contributed by atoms with Crippen LogP contribution in [0.3, 0.4) is 0 Å². The fraction of sp³-hybridized carbons (Fsp3) is 0.500. The van der Waals surface area contributed by atoms with E-state index in [1.807, 2.05) is 18.3 Å². The summed E-state index contributed by atoms with van der Waals surface area (Å²) < 4.78 is 5.95. The Labute approximate surface area is 153 Å². The lowest BCUT2D eigenvalue weighted by molar-refractivity contribution is 0.323. The molecule has 2 aromatic rings. The second-order valence-electron chi connectivity index (χ2n) is 6.48. The van der Waals surface area contributed by atoms with Gasteiger partial charge in [0.1, 0.15) is 18.2 Å². The maximum atomic E-state index is 5.95. The van der Waals surface area contributed by atoms with Crippen molar-refractivity contribution < 1.29 is 4.74 Å². The molecule has 1 aromatic carbocycles. The molecule has 0 saturated heterocycles. The van der Waals surface area contributed by atoms with Crippen LogP contribution in [0.2, 0.25) is 0 Å². The molecule has 0 aliphatic rings. The molecule has 0 unspecified atom stereocenters. The van der Waals surface area contributed by atoms with Gasteiger partial charge in [-0.2, -0.15) is 0 Å². The van der Waals surface area contributed by atoms with Crippen LogP contribution in [0.25, 0.3) is 0 Å². The van der Waals surface area contributed by atoms with Crippen molar-refractivity contribution in [2.75, 3.05) is 24.6 Å². The van der Waals surface area contributed by atoms with Gasteiger partial charge >= 0.3 is 0 Å². The molecule has 0 aliphatic carbocycles. The van der Waals surface area contributed by atoms with E-state index in [-0.39, 0.29) is 0 Å². The zero-order valence-electron chi connectivity index (χ0n) is 15.8. The molecule has 0 N–H and O–H groups in total. The van der Waals surface area contributed by atoms with Gasteiger partial charge in [-0.05, 0) is 49.1 Å². The topological polar surface area (TPSA) is 25.4 Å². The van der Waals surface area contributed by atoms with Crippen molar-refractivity contribution in [1.82, 2.24) is 4.98 Å². The molecule has 3 nitrogen and oxygen atoms in total. The minimum atomic E-state index is 0.676. The third-order valence-electron chi connectivity index (χ3n) is 4.38. The molecule has 2 rings (SSSR count). The zero-order chi connectivity index (χ0) is 17.7. The van der Waals surface area contributed by atoms with Crippen molar-refractivity contribution in [2.24, 2.45) is 0 Å². The largest absolute Gasteiger partial charge is 0.492 e. The Morgan fingerprint density at radius 1 is 0.880 bits per heavy atom. The van der Waals surface area contributed by atoms with Crippen LogP contribution >= 0.6 is 0 Å². The Kier molecular flexibility index (Phi) is 8.89. The minimum absolute atomic E-state index is 0.676. The maximum Gasteiger partial charge on any atom is 0.128 e. The fourth-order valence-corrected chi connectivity index (χ4v) is 2.84. The summed E-state index contributed by atoms with van der Waals surface area (Å²) in [6.45, 7) is 7.01. The number of aryl methyl sites for hydroxylation is 1. The van der Waals surface area contributed by atoms with E-state index in [0.29, 0.717) is 6.61 Å². The van der Waals surface area contributed by atoms with Gasteiger partial charge < -0.3 is 9.64 Å².